The molecule has 1 aliphatic heterocycles. The van der Waals surface area contributed by atoms with Gasteiger partial charge in [0.05, 0.1) is 20.3 Å². The normalized spacial score (nSPS) is 26.5. The molecule has 0 aromatic heterocycles. The van der Waals surface area contributed by atoms with Gasteiger partial charge in [-0.1, -0.05) is 58.2 Å². The third-order valence-corrected chi connectivity index (χ3v) is 13.7. The maximum atomic E-state index is 10.4. The number of hydrogen-bond donors (Lipinski definition) is 2. The van der Waals surface area contributed by atoms with Gasteiger partial charge in [-0.15, -0.1) is 0 Å². The van der Waals surface area contributed by atoms with Gasteiger partial charge < -0.3 is 19.7 Å². The molecule has 0 unspecified atom stereocenters. The third-order valence-electron chi connectivity index (χ3n) is 5.87. The average Bonchev–Trinajstić information content (AvgIpc) is 2.69. The summed E-state index contributed by atoms with van der Waals surface area (Å²) in [4.78, 5) is 0. The van der Waals surface area contributed by atoms with E-state index in [0.717, 1.165) is 0 Å². The minimum absolute atomic E-state index is 0.0817. The lowest BCUT2D eigenvalue weighted by Crippen LogP contribution is -2.55. The van der Waals surface area contributed by atoms with Crippen LogP contribution < -0.4 is 0 Å². The SMILES string of the molecule is CC(C)[Si](C(C)C)(C(C)C)[C@@H](CO)[C@H]1OC(C)(C)O[C@H]1CCO. The molecule has 1 fully saturated rings. The van der Waals surface area contributed by atoms with Crippen LogP contribution in [0.2, 0.25) is 22.2 Å². The first-order chi connectivity index (χ1) is 10.5. The number of aliphatic hydroxyl groups excluding tert-OH is 2. The molecular formula is C18H38O4Si. The highest BCUT2D eigenvalue weighted by atomic mass is 28.3. The molecule has 0 bridgehead atoms. The lowest BCUT2D eigenvalue weighted by molar-refractivity contribution is -0.148. The minimum Gasteiger partial charge on any atom is -0.396 e. The molecule has 0 saturated carbocycles. The number of rotatable bonds is 8. The van der Waals surface area contributed by atoms with E-state index in [1.54, 1.807) is 0 Å². The Kier molecular flexibility index (Phi) is 7.30. The van der Waals surface area contributed by atoms with Crippen molar-refractivity contribution in [2.45, 2.75) is 102 Å². The van der Waals surface area contributed by atoms with Crippen molar-refractivity contribution < 1.29 is 19.7 Å². The van der Waals surface area contributed by atoms with Crippen molar-refractivity contribution in [1.29, 1.82) is 0 Å². The summed E-state index contributed by atoms with van der Waals surface area (Å²) in [6.45, 7) is 17.9. The van der Waals surface area contributed by atoms with Gasteiger partial charge in [0.2, 0.25) is 0 Å². The van der Waals surface area contributed by atoms with Crippen LogP contribution in [0.5, 0.6) is 0 Å². The second-order valence-corrected chi connectivity index (χ2v) is 14.6. The maximum Gasteiger partial charge on any atom is 0.163 e. The smallest absolute Gasteiger partial charge is 0.163 e. The molecule has 138 valence electrons. The van der Waals surface area contributed by atoms with Crippen molar-refractivity contribution in [2.24, 2.45) is 0 Å². The molecular weight excluding hydrogens is 308 g/mol. The quantitative estimate of drug-likeness (QED) is 0.654. The fourth-order valence-corrected chi connectivity index (χ4v) is 13.1. The summed E-state index contributed by atoms with van der Waals surface area (Å²) in [5.41, 5.74) is 1.74. The van der Waals surface area contributed by atoms with Crippen LogP contribution in [-0.4, -0.2) is 49.5 Å². The Morgan fingerprint density at radius 1 is 0.913 bits per heavy atom. The van der Waals surface area contributed by atoms with Crippen LogP contribution in [0, 0.1) is 0 Å². The number of hydrogen-bond acceptors (Lipinski definition) is 4. The standard InChI is InChI=1S/C18H38O4Si/c1-12(2)23(13(3)4,14(5)6)16(11-20)17-15(9-10-19)21-18(7,8)22-17/h12-17,19-20H,9-11H2,1-8H3/t15-,16-,17-/m0/s1. The molecule has 23 heavy (non-hydrogen) atoms. The second-order valence-electron chi connectivity index (χ2n) is 8.40. The van der Waals surface area contributed by atoms with Crippen LogP contribution in [0.25, 0.3) is 0 Å². The van der Waals surface area contributed by atoms with Crippen LogP contribution in [0.15, 0.2) is 0 Å². The molecule has 1 aliphatic rings. The van der Waals surface area contributed by atoms with E-state index in [1.807, 2.05) is 13.8 Å². The largest absolute Gasteiger partial charge is 0.396 e. The Morgan fingerprint density at radius 2 is 1.39 bits per heavy atom. The Bertz CT molecular complexity index is 346. The van der Waals surface area contributed by atoms with Gasteiger partial charge in [-0.25, -0.2) is 0 Å². The van der Waals surface area contributed by atoms with Gasteiger partial charge in [-0.05, 0) is 20.3 Å². The van der Waals surface area contributed by atoms with Crippen LogP contribution >= 0.6 is 0 Å². The van der Waals surface area contributed by atoms with E-state index in [4.69, 9.17) is 9.47 Å². The average molecular weight is 347 g/mol. The molecule has 1 rings (SSSR count). The first kappa shape index (κ1) is 21.1. The summed E-state index contributed by atoms with van der Waals surface area (Å²) in [5, 5.41) is 19.8. The summed E-state index contributed by atoms with van der Waals surface area (Å²) < 4.78 is 12.3. The number of ether oxygens (including phenoxy) is 2. The van der Waals surface area contributed by atoms with Crippen molar-refractivity contribution in [3.05, 3.63) is 0 Å². The molecule has 2 N–H and O–H groups in total. The molecule has 1 heterocycles. The minimum atomic E-state index is -1.89. The Balaban J connectivity index is 3.31. The molecule has 3 atom stereocenters. The predicted octanol–water partition coefficient (Wildman–Crippen LogP) is 3.93. The molecule has 5 heteroatoms. The highest BCUT2D eigenvalue weighted by Gasteiger charge is 2.56. The van der Waals surface area contributed by atoms with E-state index in [2.05, 4.69) is 41.5 Å². The van der Waals surface area contributed by atoms with Crippen molar-refractivity contribution in [3.8, 4) is 0 Å². The summed E-state index contributed by atoms with van der Waals surface area (Å²) in [6, 6.07) is 0. The van der Waals surface area contributed by atoms with E-state index >= 15 is 0 Å². The van der Waals surface area contributed by atoms with Crippen LogP contribution in [0.1, 0.15) is 61.8 Å². The summed E-state index contributed by atoms with van der Waals surface area (Å²) in [7, 11) is -1.89. The Labute approximate surface area is 143 Å². The zero-order chi connectivity index (χ0) is 18.0. The molecule has 0 amide bonds. The molecule has 0 spiro atoms. The van der Waals surface area contributed by atoms with Crippen molar-refractivity contribution in [1.82, 2.24) is 0 Å². The van der Waals surface area contributed by atoms with Gasteiger partial charge in [-0.3, -0.25) is 0 Å². The van der Waals surface area contributed by atoms with Gasteiger partial charge in [0.1, 0.15) is 0 Å². The highest BCUT2D eigenvalue weighted by molar-refractivity contribution is 6.85. The molecule has 4 nitrogen and oxygen atoms in total. The molecule has 0 aromatic rings. The lowest BCUT2D eigenvalue weighted by atomic mass is 10.1. The van der Waals surface area contributed by atoms with E-state index in [9.17, 15) is 10.2 Å². The Hall–Kier alpha value is 0.0569. The monoisotopic (exact) mass is 346 g/mol. The van der Waals surface area contributed by atoms with E-state index in [1.165, 1.54) is 0 Å². The van der Waals surface area contributed by atoms with Gasteiger partial charge in [0, 0.05) is 18.8 Å². The lowest BCUT2D eigenvalue weighted by Gasteiger charge is -2.50. The summed E-state index contributed by atoms with van der Waals surface area (Å²) in [5.74, 6) is -0.650. The van der Waals surface area contributed by atoms with Crippen molar-refractivity contribution >= 4 is 8.07 Å². The van der Waals surface area contributed by atoms with Gasteiger partial charge in [0.15, 0.2) is 5.79 Å². The zero-order valence-corrected chi connectivity index (χ0v) is 17.3. The van der Waals surface area contributed by atoms with Crippen molar-refractivity contribution in [3.63, 3.8) is 0 Å². The fraction of sp³-hybridized carbons (Fsp3) is 1.00. The zero-order valence-electron chi connectivity index (χ0n) is 16.3. The topological polar surface area (TPSA) is 58.9 Å². The third kappa shape index (κ3) is 4.01. The fourth-order valence-electron chi connectivity index (χ4n) is 5.39. The number of aliphatic hydroxyl groups is 2. The van der Waals surface area contributed by atoms with Crippen LogP contribution in [-0.2, 0) is 9.47 Å². The van der Waals surface area contributed by atoms with Crippen LogP contribution in [0.4, 0.5) is 0 Å². The van der Waals surface area contributed by atoms with E-state index in [-0.39, 0.29) is 31.0 Å². The maximum absolute atomic E-state index is 10.4. The van der Waals surface area contributed by atoms with E-state index < -0.39 is 13.9 Å². The Morgan fingerprint density at radius 3 is 1.74 bits per heavy atom. The first-order valence-corrected chi connectivity index (χ1v) is 11.4. The van der Waals surface area contributed by atoms with Gasteiger partial charge >= 0.3 is 0 Å². The highest BCUT2D eigenvalue weighted by Crippen LogP contribution is 2.53. The summed E-state index contributed by atoms with van der Waals surface area (Å²) in [6.07, 6.45) is 0.278. The van der Waals surface area contributed by atoms with E-state index in [0.29, 0.717) is 23.0 Å². The first-order valence-electron chi connectivity index (χ1n) is 9.11. The van der Waals surface area contributed by atoms with Crippen LogP contribution in [0.3, 0.4) is 0 Å². The molecule has 0 aliphatic carbocycles. The predicted molar refractivity (Wildman–Crippen MR) is 97.4 cm³/mol. The summed E-state index contributed by atoms with van der Waals surface area (Å²) >= 11 is 0. The molecule has 0 aromatic carbocycles. The molecule has 1 saturated heterocycles. The van der Waals surface area contributed by atoms with Gasteiger partial charge in [-0.2, -0.15) is 0 Å². The van der Waals surface area contributed by atoms with Gasteiger partial charge in [0.25, 0.3) is 0 Å². The molecule has 0 radical (unpaired) electrons. The second kappa shape index (κ2) is 7.96. The van der Waals surface area contributed by atoms with Crippen molar-refractivity contribution in [2.75, 3.05) is 13.2 Å².